The number of aliphatic hydroxyl groups is 1. The molecule has 0 aliphatic heterocycles. The van der Waals surface area contributed by atoms with Crippen LogP contribution in [0.2, 0.25) is 0 Å². The molecule has 4 heteroatoms. The van der Waals surface area contributed by atoms with Gasteiger partial charge < -0.3 is 15.2 Å². The zero-order chi connectivity index (χ0) is 19.8. The number of hydrogen-bond acceptors (Lipinski definition) is 3. The second kappa shape index (κ2) is 9.83. The average Bonchev–Trinajstić information content (AvgIpc) is 2.74. The maximum absolute atomic E-state index is 13.0. The van der Waals surface area contributed by atoms with Gasteiger partial charge in [-0.25, -0.2) is 0 Å². The Morgan fingerprint density at radius 3 is 2.21 bits per heavy atom. The number of carbonyl (C=O) groups excluding carboxylic acids is 1. The standard InChI is InChI=1S/C24H25NO3/c1-28-17-20(16-18-10-4-2-5-11-18)25-24(27)22-15-9-8-14-21(22)23(26)19-12-6-3-7-13-19/h2-15,20,23,26H,16-17H2,1H3,(H,25,27)/t20-,23-/m0/s1. The highest BCUT2D eigenvalue weighted by molar-refractivity contribution is 5.96. The Morgan fingerprint density at radius 2 is 1.54 bits per heavy atom. The monoisotopic (exact) mass is 375 g/mol. The number of benzene rings is 3. The normalized spacial score (nSPS) is 12.9. The molecule has 0 fully saturated rings. The first kappa shape index (κ1) is 19.8. The summed E-state index contributed by atoms with van der Waals surface area (Å²) in [5.74, 6) is -0.219. The molecule has 1 amide bonds. The Morgan fingerprint density at radius 1 is 0.929 bits per heavy atom. The van der Waals surface area contributed by atoms with Crippen molar-refractivity contribution in [3.63, 3.8) is 0 Å². The Kier molecular flexibility index (Phi) is 6.95. The highest BCUT2D eigenvalue weighted by Crippen LogP contribution is 2.25. The molecule has 0 spiro atoms. The summed E-state index contributed by atoms with van der Waals surface area (Å²) < 4.78 is 5.30. The molecule has 0 aliphatic rings. The van der Waals surface area contributed by atoms with Gasteiger partial charge in [0.25, 0.3) is 5.91 Å². The summed E-state index contributed by atoms with van der Waals surface area (Å²) in [5, 5.41) is 13.8. The predicted octanol–water partition coefficient (Wildman–Crippen LogP) is 3.76. The van der Waals surface area contributed by atoms with Gasteiger partial charge in [-0.05, 0) is 29.2 Å². The van der Waals surface area contributed by atoms with Crippen LogP contribution >= 0.6 is 0 Å². The van der Waals surface area contributed by atoms with E-state index in [0.717, 1.165) is 11.1 Å². The van der Waals surface area contributed by atoms with Crippen molar-refractivity contribution in [1.82, 2.24) is 5.32 Å². The van der Waals surface area contributed by atoms with Gasteiger partial charge in [0, 0.05) is 12.7 Å². The minimum absolute atomic E-state index is 0.165. The van der Waals surface area contributed by atoms with E-state index < -0.39 is 6.10 Å². The second-order valence-electron chi connectivity index (χ2n) is 6.72. The Balaban J connectivity index is 1.79. The zero-order valence-electron chi connectivity index (χ0n) is 15.9. The lowest BCUT2D eigenvalue weighted by atomic mass is 9.96. The molecule has 3 rings (SSSR count). The molecule has 0 radical (unpaired) electrons. The van der Waals surface area contributed by atoms with Crippen LogP contribution in [0.25, 0.3) is 0 Å². The van der Waals surface area contributed by atoms with Gasteiger partial charge in [0.15, 0.2) is 0 Å². The van der Waals surface area contributed by atoms with Crippen LogP contribution in [0.4, 0.5) is 0 Å². The summed E-state index contributed by atoms with van der Waals surface area (Å²) in [6.07, 6.45) is -0.192. The number of hydrogen-bond donors (Lipinski definition) is 2. The van der Waals surface area contributed by atoms with E-state index in [1.165, 1.54) is 0 Å². The fourth-order valence-corrected chi connectivity index (χ4v) is 3.27. The molecule has 0 saturated carbocycles. The van der Waals surface area contributed by atoms with Crippen LogP contribution in [-0.2, 0) is 11.2 Å². The summed E-state index contributed by atoms with van der Waals surface area (Å²) in [4.78, 5) is 13.0. The van der Waals surface area contributed by atoms with Crippen LogP contribution in [0, 0.1) is 0 Å². The van der Waals surface area contributed by atoms with Crippen molar-refractivity contribution >= 4 is 5.91 Å². The molecule has 0 heterocycles. The van der Waals surface area contributed by atoms with E-state index in [-0.39, 0.29) is 11.9 Å². The topological polar surface area (TPSA) is 58.6 Å². The summed E-state index contributed by atoms with van der Waals surface area (Å²) in [5.41, 5.74) is 2.93. The zero-order valence-corrected chi connectivity index (χ0v) is 15.9. The number of carbonyl (C=O) groups is 1. The molecule has 28 heavy (non-hydrogen) atoms. The summed E-state index contributed by atoms with van der Waals surface area (Å²) in [6, 6.07) is 26.3. The fourth-order valence-electron chi connectivity index (χ4n) is 3.27. The number of ether oxygens (including phenoxy) is 1. The Bertz CT molecular complexity index is 881. The first-order valence-corrected chi connectivity index (χ1v) is 9.34. The van der Waals surface area contributed by atoms with Crippen molar-refractivity contribution < 1.29 is 14.6 Å². The molecule has 0 bridgehead atoms. The summed E-state index contributed by atoms with van der Waals surface area (Å²) >= 11 is 0. The van der Waals surface area contributed by atoms with Crippen molar-refractivity contribution in [3.05, 3.63) is 107 Å². The maximum atomic E-state index is 13.0. The molecule has 3 aromatic carbocycles. The van der Waals surface area contributed by atoms with E-state index >= 15 is 0 Å². The van der Waals surface area contributed by atoms with E-state index in [0.29, 0.717) is 24.2 Å². The lowest BCUT2D eigenvalue weighted by Crippen LogP contribution is -2.40. The van der Waals surface area contributed by atoms with Gasteiger partial charge >= 0.3 is 0 Å². The number of aliphatic hydroxyl groups excluding tert-OH is 1. The van der Waals surface area contributed by atoms with Gasteiger partial charge in [0.2, 0.25) is 0 Å². The predicted molar refractivity (Wildman–Crippen MR) is 110 cm³/mol. The molecular formula is C24H25NO3. The Labute approximate surface area is 165 Å². The minimum Gasteiger partial charge on any atom is -0.384 e. The van der Waals surface area contributed by atoms with Crippen LogP contribution < -0.4 is 5.32 Å². The highest BCUT2D eigenvalue weighted by atomic mass is 16.5. The van der Waals surface area contributed by atoms with Crippen LogP contribution in [0.1, 0.15) is 33.2 Å². The number of methoxy groups -OCH3 is 1. The molecule has 4 nitrogen and oxygen atoms in total. The van der Waals surface area contributed by atoms with Crippen LogP contribution in [0.3, 0.4) is 0 Å². The molecule has 0 aliphatic carbocycles. The minimum atomic E-state index is -0.863. The average molecular weight is 375 g/mol. The molecule has 3 aromatic rings. The fraction of sp³-hybridized carbons (Fsp3) is 0.208. The molecule has 2 N–H and O–H groups in total. The quantitative estimate of drug-likeness (QED) is 0.630. The van der Waals surface area contributed by atoms with Crippen molar-refractivity contribution in [2.75, 3.05) is 13.7 Å². The highest BCUT2D eigenvalue weighted by Gasteiger charge is 2.21. The Hall–Kier alpha value is -2.95. The molecule has 2 atom stereocenters. The van der Waals surface area contributed by atoms with Gasteiger partial charge in [0.05, 0.1) is 12.6 Å². The van der Waals surface area contributed by atoms with E-state index in [4.69, 9.17) is 4.74 Å². The summed E-state index contributed by atoms with van der Waals surface area (Å²) in [7, 11) is 1.62. The third kappa shape index (κ3) is 5.06. The molecule has 0 saturated heterocycles. The van der Waals surface area contributed by atoms with Gasteiger partial charge in [0.1, 0.15) is 6.10 Å². The van der Waals surface area contributed by atoms with Crippen molar-refractivity contribution in [1.29, 1.82) is 0 Å². The van der Waals surface area contributed by atoms with Gasteiger partial charge in [-0.2, -0.15) is 0 Å². The van der Waals surface area contributed by atoms with Gasteiger partial charge in [-0.3, -0.25) is 4.79 Å². The van der Waals surface area contributed by atoms with E-state index in [2.05, 4.69) is 5.32 Å². The molecule has 0 unspecified atom stereocenters. The molecule has 0 aromatic heterocycles. The maximum Gasteiger partial charge on any atom is 0.251 e. The van der Waals surface area contributed by atoms with Crippen LogP contribution in [0.5, 0.6) is 0 Å². The van der Waals surface area contributed by atoms with Crippen molar-refractivity contribution in [3.8, 4) is 0 Å². The lowest BCUT2D eigenvalue weighted by Gasteiger charge is -2.20. The number of nitrogens with one attached hydrogen (secondary N) is 1. The van der Waals surface area contributed by atoms with Crippen molar-refractivity contribution in [2.45, 2.75) is 18.6 Å². The largest absolute Gasteiger partial charge is 0.384 e. The SMILES string of the molecule is COC[C@H](Cc1ccccc1)NC(=O)c1ccccc1[C@@H](O)c1ccccc1. The van der Waals surface area contributed by atoms with Gasteiger partial charge in [-0.15, -0.1) is 0 Å². The van der Waals surface area contributed by atoms with E-state index in [9.17, 15) is 9.90 Å². The van der Waals surface area contributed by atoms with E-state index in [1.807, 2.05) is 66.7 Å². The van der Waals surface area contributed by atoms with Crippen LogP contribution in [0.15, 0.2) is 84.9 Å². The number of rotatable bonds is 8. The van der Waals surface area contributed by atoms with E-state index in [1.54, 1.807) is 25.3 Å². The van der Waals surface area contributed by atoms with Crippen LogP contribution in [-0.4, -0.2) is 30.8 Å². The van der Waals surface area contributed by atoms with Gasteiger partial charge in [-0.1, -0.05) is 78.9 Å². The first-order chi connectivity index (χ1) is 13.7. The third-order valence-electron chi connectivity index (χ3n) is 4.64. The third-order valence-corrected chi connectivity index (χ3v) is 4.64. The molecular weight excluding hydrogens is 350 g/mol. The second-order valence-corrected chi connectivity index (χ2v) is 6.72. The lowest BCUT2D eigenvalue weighted by molar-refractivity contribution is 0.0892. The van der Waals surface area contributed by atoms with Crippen molar-refractivity contribution in [2.24, 2.45) is 0 Å². The summed E-state index contributed by atoms with van der Waals surface area (Å²) in [6.45, 7) is 0.407. The first-order valence-electron chi connectivity index (χ1n) is 9.34. The smallest absolute Gasteiger partial charge is 0.251 e. The molecule has 144 valence electrons. The number of amides is 1.